The van der Waals surface area contributed by atoms with Gasteiger partial charge in [-0.15, -0.1) is 5.92 Å². The van der Waals surface area contributed by atoms with Crippen LogP contribution < -0.4 is 0 Å². The Kier molecular flexibility index (Phi) is 4.96. The van der Waals surface area contributed by atoms with E-state index in [0.29, 0.717) is 0 Å². The van der Waals surface area contributed by atoms with E-state index >= 15 is 0 Å². The SMILES string of the molecule is CC#CC(C)(C)N(C)CCOC. The number of methoxy groups -OCH3 is 1. The molecule has 0 saturated heterocycles. The summed E-state index contributed by atoms with van der Waals surface area (Å²) in [5, 5.41) is 0. The third-order valence-electron chi connectivity index (χ3n) is 2.02. The van der Waals surface area contributed by atoms with Gasteiger partial charge in [-0.2, -0.15) is 0 Å². The number of hydrogen-bond donors (Lipinski definition) is 0. The summed E-state index contributed by atoms with van der Waals surface area (Å²) < 4.78 is 5.00. The van der Waals surface area contributed by atoms with Crippen LogP contribution in [0.2, 0.25) is 0 Å². The molecule has 0 aliphatic rings. The summed E-state index contributed by atoms with van der Waals surface area (Å²) in [7, 11) is 3.77. The van der Waals surface area contributed by atoms with Gasteiger partial charge in [0.05, 0.1) is 12.1 Å². The third-order valence-corrected chi connectivity index (χ3v) is 2.02. The van der Waals surface area contributed by atoms with Gasteiger partial charge in [-0.05, 0) is 27.8 Å². The Morgan fingerprint density at radius 1 is 1.42 bits per heavy atom. The molecule has 0 heterocycles. The molecule has 0 aliphatic carbocycles. The highest BCUT2D eigenvalue weighted by atomic mass is 16.5. The zero-order valence-electron chi connectivity index (χ0n) is 8.77. The van der Waals surface area contributed by atoms with Gasteiger partial charge in [0.2, 0.25) is 0 Å². The van der Waals surface area contributed by atoms with E-state index < -0.39 is 0 Å². The first-order valence-electron chi connectivity index (χ1n) is 4.18. The van der Waals surface area contributed by atoms with Gasteiger partial charge < -0.3 is 4.74 Å². The van der Waals surface area contributed by atoms with Crippen LogP contribution in [0.3, 0.4) is 0 Å². The van der Waals surface area contributed by atoms with Gasteiger partial charge in [-0.1, -0.05) is 5.92 Å². The van der Waals surface area contributed by atoms with Crippen molar-refractivity contribution in [2.75, 3.05) is 27.3 Å². The zero-order chi connectivity index (χ0) is 9.61. The van der Waals surface area contributed by atoms with Crippen molar-refractivity contribution in [1.29, 1.82) is 0 Å². The van der Waals surface area contributed by atoms with Crippen LogP contribution in [0.4, 0.5) is 0 Å². The fourth-order valence-electron chi connectivity index (χ4n) is 0.909. The molecule has 0 radical (unpaired) electrons. The molecule has 12 heavy (non-hydrogen) atoms. The summed E-state index contributed by atoms with van der Waals surface area (Å²) in [5.74, 6) is 6.08. The average molecular weight is 169 g/mol. The van der Waals surface area contributed by atoms with E-state index in [0.717, 1.165) is 13.2 Å². The highest BCUT2D eigenvalue weighted by molar-refractivity contribution is 5.12. The fourth-order valence-corrected chi connectivity index (χ4v) is 0.909. The Morgan fingerprint density at radius 3 is 2.42 bits per heavy atom. The first kappa shape index (κ1) is 11.5. The summed E-state index contributed by atoms with van der Waals surface area (Å²) in [5.41, 5.74) is -0.0483. The van der Waals surface area contributed by atoms with Crippen LogP contribution in [0, 0.1) is 11.8 Å². The molecule has 0 spiro atoms. The molecule has 0 unspecified atom stereocenters. The molecule has 0 fully saturated rings. The molecular weight excluding hydrogens is 150 g/mol. The van der Waals surface area contributed by atoms with Gasteiger partial charge in [0.1, 0.15) is 0 Å². The van der Waals surface area contributed by atoms with Crippen molar-refractivity contribution in [2.24, 2.45) is 0 Å². The lowest BCUT2D eigenvalue weighted by Gasteiger charge is -2.30. The molecule has 2 heteroatoms. The van der Waals surface area contributed by atoms with E-state index in [2.05, 4.69) is 37.6 Å². The number of rotatable bonds is 4. The molecule has 0 atom stereocenters. The molecule has 0 N–H and O–H groups in total. The minimum absolute atomic E-state index is 0.0483. The van der Waals surface area contributed by atoms with Crippen molar-refractivity contribution >= 4 is 0 Å². The van der Waals surface area contributed by atoms with Crippen molar-refractivity contribution < 1.29 is 4.74 Å². The van der Waals surface area contributed by atoms with Crippen LogP contribution in [0.25, 0.3) is 0 Å². The largest absolute Gasteiger partial charge is 0.383 e. The third kappa shape index (κ3) is 3.75. The lowest BCUT2D eigenvalue weighted by Crippen LogP contribution is -2.41. The number of likely N-dealkylation sites (N-methyl/N-ethyl adjacent to an activating group) is 1. The highest BCUT2D eigenvalue weighted by Crippen LogP contribution is 2.09. The molecule has 0 amide bonds. The normalized spacial score (nSPS) is 11.2. The molecule has 0 bridgehead atoms. The van der Waals surface area contributed by atoms with Crippen LogP contribution in [-0.2, 0) is 4.74 Å². The monoisotopic (exact) mass is 169 g/mol. The molecule has 0 aromatic carbocycles. The molecule has 70 valence electrons. The van der Waals surface area contributed by atoms with E-state index in [4.69, 9.17) is 4.74 Å². The van der Waals surface area contributed by atoms with E-state index in [9.17, 15) is 0 Å². The quantitative estimate of drug-likeness (QED) is 0.589. The average Bonchev–Trinajstić information content (AvgIpc) is 2.00. The second-order valence-corrected chi connectivity index (χ2v) is 3.35. The summed E-state index contributed by atoms with van der Waals surface area (Å²) in [6, 6.07) is 0. The smallest absolute Gasteiger partial charge is 0.0766 e. The second-order valence-electron chi connectivity index (χ2n) is 3.35. The predicted octanol–water partition coefficient (Wildman–Crippen LogP) is 1.37. The van der Waals surface area contributed by atoms with Crippen LogP contribution in [0.1, 0.15) is 20.8 Å². The maximum Gasteiger partial charge on any atom is 0.0766 e. The molecule has 0 aromatic rings. The zero-order valence-corrected chi connectivity index (χ0v) is 8.77. The van der Waals surface area contributed by atoms with Gasteiger partial charge in [-0.25, -0.2) is 0 Å². The summed E-state index contributed by atoms with van der Waals surface area (Å²) in [4.78, 5) is 2.19. The van der Waals surface area contributed by atoms with Crippen molar-refractivity contribution in [1.82, 2.24) is 4.90 Å². The van der Waals surface area contributed by atoms with Crippen molar-refractivity contribution in [3.05, 3.63) is 0 Å². The van der Waals surface area contributed by atoms with E-state index in [1.165, 1.54) is 0 Å². The molecule has 0 aromatic heterocycles. The number of hydrogen-bond acceptors (Lipinski definition) is 2. The number of nitrogens with zero attached hydrogens (tertiary/aromatic N) is 1. The Labute approximate surface area is 75.9 Å². The minimum atomic E-state index is -0.0483. The Balaban J connectivity index is 4.02. The number of ether oxygens (including phenoxy) is 1. The Hall–Kier alpha value is -0.520. The standard InChI is InChI=1S/C10H19NO/c1-6-7-10(2,3)11(4)8-9-12-5/h8-9H2,1-5H3. The first-order valence-corrected chi connectivity index (χ1v) is 4.18. The maximum absolute atomic E-state index is 5.00. The first-order chi connectivity index (χ1) is 5.54. The van der Waals surface area contributed by atoms with Gasteiger partial charge in [0.15, 0.2) is 0 Å². The second kappa shape index (κ2) is 5.18. The van der Waals surface area contributed by atoms with Crippen LogP contribution >= 0.6 is 0 Å². The Bertz CT molecular complexity index is 176. The Morgan fingerprint density at radius 2 is 2.00 bits per heavy atom. The molecule has 2 nitrogen and oxygen atoms in total. The summed E-state index contributed by atoms with van der Waals surface area (Å²) in [6.07, 6.45) is 0. The van der Waals surface area contributed by atoms with Gasteiger partial charge in [-0.3, -0.25) is 4.90 Å². The molecule has 0 saturated carbocycles. The topological polar surface area (TPSA) is 12.5 Å². The van der Waals surface area contributed by atoms with E-state index in [1.54, 1.807) is 7.11 Å². The summed E-state index contributed by atoms with van der Waals surface area (Å²) >= 11 is 0. The van der Waals surface area contributed by atoms with E-state index in [1.807, 2.05) is 6.92 Å². The molecule has 0 rings (SSSR count). The van der Waals surface area contributed by atoms with Gasteiger partial charge in [0, 0.05) is 13.7 Å². The van der Waals surface area contributed by atoms with Crippen molar-refractivity contribution in [3.8, 4) is 11.8 Å². The predicted molar refractivity (Wildman–Crippen MR) is 52.0 cm³/mol. The van der Waals surface area contributed by atoms with Crippen molar-refractivity contribution in [2.45, 2.75) is 26.3 Å². The fraction of sp³-hybridized carbons (Fsp3) is 0.800. The van der Waals surface area contributed by atoms with E-state index in [-0.39, 0.29) is 5.54 Å². The van der Waals surface area contributed by atoms with Crippen molar-refractivity contribution in [3.63, 3.8) is 0 Å². The highest BCUT2D eigenvalue weighted by Gasteiger charge is 2.19. The van der Waals surface area contributed by atoms with Crippen LogP contribution in [0.15, 0.2) is 0 Å². The van der Waals surface area contributed by atoms with Gasteiger partial charge in [0.25, 0.3) is 0 Å². The summed E-state index contributed by atoms with van der Waals surface area (Å²) in [6.45, 7) is 7.76. The van der Waals surface area contributed by atoms with Gasteiger partial charge >= 0.3 is 0 Å². The minimum Gasteiger partial charge on any atom is -0.383 e. The maximum atomic E-state index is 5.00. The van der Waals surface area contributed by atoms with Crippen LogP contribution in [-0.4, -0.2) is 37.7 Å². The molecular formula is C10H19NO. The molecule has 0 aliphatic heterocycles. The lowest BCUT2D eigenvalue weighted by molar-refractivity contribution is 0.127. The lowest BCUT2D eigenvalue weighted by atomic mass is 10.1. The van der Waals surface area contributed by atoms with Crippen LogP contribution in [0.5, 0.6) is 0 Å².